The van der Waals surface area contributed by atoms with Crippen LogP contribution in [-0.2, 0) is 9.84 Å². The first kappa shape index (κ1) is 9.67. The third-order valence-electron chi connectivity index (χ3n) is 1.46. The minimum atomic E-state index is -3.15. The van der Waals surface area contributed by atoms with E-state index in [1.54, 1.807) is 20.0 Å². The van der Waals surface area contributed by atoms with Crippen LogP contribution in [0.2, 0.25) is 0 Å². The van der Waals surface area contributed by atoms with Crippen molar-refractivity contribution in [3.8, 4) is 0 Å². The molecule has 0 amide bonds. The Balaban J connectivity index is 3.15. The molecule has 0 aliphatic rings. The molecule has 1 heterocycles. The van der Waals surface area contributed by atoms with Gasteiger partial charge >= 0.3 is 0 Å². The van der Waals surface area contributed by atoms with Crippen molar-refractivity contribution in [3.63, 3.8) is 0 Å². The van der Waals surface area contributed by atoms with Gasteiger partial charge in [-0.15, -0.1) is 11.3 Å². The van der Waals surface area contributed by atoms with Crippen molar-refractivity contribution in [2.75, 3.05) is 0 Å². The zero-order chi connectivity index (χ0) is 9.35. The summed E-state index contributed by atoms with van der Waals surface area (Å²) >= 11 is 1.22. The van der Waals surface area contributed by atoms with Crippen LogP contribution in [0.4, 0.5) is 0 Å². The highest BCUT2D eigenvalue weighted by molar-refractivity contribution is 7.93. The summed E-state index contributed by atoms with van der Waals surface area (Å²) in [5, 5.41) is -0.386. The summed E-state index contributed by atoms with van der Waals surface area (Å²) in [5.41, 5.74) is 0. The van der Waals surface area contributed by atoms with Gasteiger partial charge in [-0.3, -0.25) is 0 Å². The van der Waals surface area contributed by atoms with E-state index in [1.807, 2.05) is 6.92 Å². The summed E-state index contributed by atoms with van der Waals surface area (Å²) in [7, 11) is -3.15. The molecule has 0 spiro atoms. The average Bonchev–Trinajstić information content (AvgIpc) is 2.35. The Morgan fingerprint density at radius 2 is 2.08 bits per heavy atom. The molecule has 12 heavy (non-hydrogen) atoms. The van der Waals surface area contributed by atoms with Crippen molar-refractivity contribution in [1.29, 1.82) is 0 Å². The van der Waals surface area contributed by atoms with E-state index in [2.05, 4.69) is 4.98 Å². The Morgan fingerprint density at radius 1 is 1.50 bits per heavy atom. The first-order chi connectivity index (χ1) is 5.44. The molecule has 5 heteroatoms. The Morgan fingerprint density at radius 3 is 2.42 bits per heavy atom. The van der Waals surface area contributed by atoms with Crippen LogP contribution in [0.5, 0.6) is 0 Å². The van der Waals surface area contributed by atoms with Crippen LogP contribution in [0.25, 0.3) is 0 Å². The maximum atomic E-state index is 11.5. The van der Waals surface area contributed by atoms with Gasteiger partial charge in [0.05, 0.1) is 5.25 Å². The minimum Gasteiger partial charge on any atom is -0.233 e. The molecule has 0 radical (unpaired) electrons. The topological polar surface area (TPSA) is 47.0 Å². The smallest absolute Gasteiger partial charge is 0.209 e. The van der Waals surface area contributed by atoms with Crippen molar-refractivity contribution in [2.45, 2.75) is 30.4 Å². The molecule has 0 bridgehead atoms. The Labute approximate surface area is 76.4 Å². The van der Waals surface area contributed by atoms with E-state index in [0.717, 1.165) is 4.88 Å². The van der Waals surface area contributed by atoms with Crippen LogP contribution in [0.1, 0.15) is 18.7 Å². The Bertz CT molecular complexity index is 365. The van der Waals surface area contributed by atoms with E-state index in [9.17, 15) is 8.42 Å². The molecule has 0 saturated heterocycles. The number of sulfone groups is 1. The van der Waals surface area contributed by atoms with E-state index in [-0.39, 0.29) is 9.59 Å². The summed E-state index contributed by atoms with van der Waals surface area (Å²) in [5.74, 6) is 0. The summed E-state index contributed by atoms with van der Waals surface area (Å²) in [4.78, 5) is 4.76. The maximum Gasteiger partial charge on any atom is 0.209 e. The molecule has 0 saturated carbocycles. The van der Waals surface area contributed by atoms with E-state index in [1.165, 1.54) is 11.3 Å². The van der Waals surface area contributed by atoms with Crippen molar-refractivity contribution >= 4 is 21.2 Å². The second-order valence-corrected chi connectivity index (χ2v) is 6.74. The second kappa shape index (κ2) is 3.14. The van der Waals surface area contributed by atoms with Crippen molar-refractivity contribution in [2.24, 2.45) is 0 Å². The molecule has 0 aliphatic carbocycles. The van der Waals surface area contributed by atoms with Crippen molar-refractivity contribution in [1.82, 2.24) is 4.98 Å². The largest absolute Gasteiger partial charge is 0.233 e. The van der Waals surface area contributed by atoms with E-state index in [4.69, 9.17) is 0 Å². The third kappa shape index (κ3) is 1.67. The SMILES string of the molecule is Cc1cnc(S(=O)(=O)C(C)C)s1. The maximum absolute atomic E-state index is 11.5. The summed E-state index contributed by atoms with van der Waals surface area (Å²) < 4.78 is 23.2. The zero-order valence-corrected chi connectivity index (χ0v) is 8.87. The van der Waals surface area contributed by atoms with Gasteiger partial charge in [-0.2, -0.15) is 0 Å². The van der Waals surface area contributed by atoms with Gasteiger partial charge in [0, 0.05) is 11.1 Å². The molecule has 0 unspecified atom stereocenters. The lowest BCUT2D eigenvalue weighted by atomic mass is 10.6. The number of hydrogen-bond acceptors (Lipinski definition) is 4. The molecule has 0 N–H and O–H groups in total. The van der Waals surface area contributed by atoms with Crippen LogP contribution in [0, 0.1) is 6.92 Å². The quantitative estimate of drug-likeness (QED) is 0.737. The predicted molar refractivity (Wildman–Crippen MR) is 49.2 cm³/mol. The van der Waals surface area contributed by atoms with Crippen LogP contribution in [0.15, 0.2) is 10.5 Å². The summed E-state index contributed by atoms with van der Waals surface area (Å²) in [6, 6.07) is 0. The lowest BCUT2D eigenvalue weighted by Crippen LogP contribution is -2.13. The highest BCUT2D eigenvalue weighted by atomic mass is 32.2. The average molecular weight is 205 g/mol. The monoisotopic (exact) mass is 205 g/mol. The van der Waals surface area contributed by atoms with Gasteiger partial charge in [-0.05, 0) is 20.8 Å². The van der Waals surface area contributed by atoms with Crippen LogP contribution >= 0.6 is 11.3 Å². The number of aromatic nitrogens is 1. The van der Waals surface area contributed by atoms with Gasteiger partial charge in [0.2, 0.25) is 14.2 Å². The van der Waals surface area contributed by atoms with Gasteiger partial charge in [-0.25, -0.2) is 13.4 Å². The number of nitrogens with zero attached hydrogens (tertiary/aromatic N) is 1. The fourth-order valence-corrected chi connectivity index (χ4v) is 3.19. The van der Waals surface area contributed by atoms with E-state index < -0.39 is 9.84 Å². The van der Waals surface area contributed by atoms with Crippen molar-refractivity contribution in [3.05, 3.63) is 11.1 Å². The molecule has 0 fully saturated rings. The molecule has 1 aromatic rings. The van der Waals surface area contributed by atoms with Crippen LogP contribution in [0.3, 0.4) is 0 Å². The molecule has 0 aliphatic heterocycles. The number of rotatable bonds is 2. The fourth-order valence-electron chi connectivity index (χ4n) is 0.667. The van der Waals surface area contributed by atoms with Gasteiger partial charge in [0.15, 0.2) is 0 Å². The van der Waals surface area contributed by atoms with E-state index >= 15 is 0 Å². The molecule has 0 aromatic carbocycles. The zero-order valence-electron chi connectivity index (χ0n) is 7.23. The highest BCUT2D eigenvalue weighted by Crippen LogP contribution is 2.20. The Hall–Kier alpha value is -0.420. The van der Waals surface area contributed by atoms with E-state index in [0.29, 0.717) is 0 Å². The number of thiazole rings is 1. The molecule has 68 valence electrons. The summed E-state index contributed by atoms with van der Waals surface area (Å²) in [6.45, 7) is 5.16. The standard InChI is InChI=1S/C7H11NO2S2/c1-5(2)12(9,10)7-8-4-6(3)11-7/h4-5H,1-3H3. The lowest BCUT2D eigenvalue weighted by molar-refractivity contribution is 0.586. The minimum absolute atomic E-state index is 0.231. The molecule has 1 aromatic heterocycles. The van der Waals surface area contributed by atoms with Gasteiger partial charge < -0.3 is 0 Å². The predicted octanol–water partition coefficient (Wildman–Crippen LogP) is 1.63. The molecular formula is C7H11NO2S2. The lowest BCUT2D eigenvalue weighted by Gasteiger charge is -2.01. The van der Waals surface area contributed by atoms with Gasteiger partial charge in [0.25, 0.3) is 0 Å². The normalized spacial score (nSPS) is 12.3. The third-order valence-corrected chi connectivity index (χ3v) is 4.95. The van der Waals surface area contributed by atoms with Gasteiger partial charge in [0.1, 0.15) is 0 Å². The Kier molecular flexibility index (Phi) is 2.53. The first-order valence-electron chi connectivity index (χ1n) is 3.61. The number of hydrogen-bond donors (Lipinski definition) is 0. The molecule has 0 atom stereocenters. The number of aryl methyl sites for hydroxylation is 1. The van der Waals surface area contributed by atoms with Crippen LogP contribution in [-0.4, -0.2) is 18.7 Å². The molecule has 3 nitrogen and oxygen atoms in total. The van der Waals surface area contributed by atoms with Crippen molar-refractivity contribution < 1.29 is 8.42 Å². The van der Waals surface area contributed by atoms with Gasteiger partial charge in [-0.1, -0.05) is 0 Å². The molecule has 1 rings (SSSR count). The highest BCUT2D eigenvalue weighted by Gasteiger charge is 2.22. The van der Waals surface area contributed by atoms with Crippen LogP contribution < -0.4 is 0 Å². The fraction of sp³-hybridized carbons (Fsp3) is 0.571. The molecular weight excluding hydrogens is 194 g/mol. The first-order valence-corrected chi connectivity index (χ1v) is 5.97. The second-order valence-electron chi connectivity index (χ2n) is 2.83. The summed E-state index contributed by atoms with van der Waals surface area (Å²) in [6.07, 6.45) is 1.58.